The van der Waals surface area contributed by atoms with Gasteiger partial charge in [0.05, 0.1) is 18.2 Å². The summed E-state index contributed by atoms with van der Waals surface area (Å²) < 4.78 is 59.6. The number of methoxy groups -OCH3 is 1. The van der Waals surface area contributed by atoms with Crippen LogP contribution in [0.3, 0.4) is 0 Å². The van der Waals surface area contributed by atoms with Crippen LogP contribution >= 0.6 is 0 Å². The number of ether oxygens (including phenoxy) is 1. The molecule has 0 atom stereocenters. The first-order valence-corrected chi connectivity index (χ1v) is 7.93. The summed E-state index contributed by atoms with van der Waals surface area (Å²) in [5.74, 6) is -2.51. The van der Waals surface area contributed by atoms with Gasteiger partial charge in [-0.05, 0) is 18.2 Å². The number of imidazole rings is 1. The van der Waals surface area contributed by atoms with Crippen LogP contribution in [0.15, 0.2) is 42.6 Å². The highest BCUT2D eigenvalue weighted by Crippen LogP contribution is 2.37. The maximum atomic E-state index is 14.6. The van der Waals surface area contributed by atoms with Gasteiger partial charge in [0, 0.05) is 18.8 Å². The van der Waals surface area contributed by atoms with Gasteiger partial charge < -0.3 is 15.8 Å². The molecule has 1 aromatic carbocycles. The van der Waals surface area contributed by atoms with Crippen LogP contribution in [0.1, 0.15) is 10.5 Å². The topological polar surface area (TPSA) is 81.6 Å². The molecular weight excluding hydrogens is 380 g/mol. The Hall–Kier alpha value is -3.56. The molecule has 28 heavy (non-hydrogen) atoms. The van der Waals surface area contributed by atoms with E-state index in [2.05, 4.69) is 10.3 Å². The number of anilines is 1. The molecule has 0 bridgehead atoms. The van der Waals surface area contributed by atoms with Gasteiger partial charge in [-0.25, -0.2) is 13.8 Å². The predicted octanol–water partition coefficient (Wildman–Crippen LogP) is 3.38. The molecule has 0 aliphatic carbocycles. The van der Waals surface area contributed by atoms with Crippen molar-refractivity contribution in [2.45, 2.75) is 0 Å². The van der Waals surface area contributed by atoms with Crippen LogP contribution < -0.4 is 15.8 Å². The van der Waals surface area contributed by atoms with Crippen LogP contribution in [-0.2, 0) is 0 Å². The van der Waals surface area contributed by atoms with Crippen LogP contribution in [0.2, 0.25) is 0 Å². The van der Waals surface area contributed by atoms with Crippen LogP contribution in [0, 0.1) is 11.6 Å². The third-order valence-corrected chi connectivity index (χ3v) is 3.96. The number of aromatic nitrogens is 2. The Morgan fingerprint density at radius 1 is 1.25 bits per heavy atom. The summed E-state index contributed by atoms with van der Waals surface area (Å²) in [6, 6.07) is 5.00. The maximum Gasteiger partial charge on any atom is 0.274 e. The monoisotopic (exact) mass is 394 g/mol. The Balaban J connectivity index is 2.18. The molecular formula is C18H14F4N4O2. The van der Waals surface area contributed by atoms with Crippen molar-refractivity contribution < 1.29 is 27.1 Å². The van der Waals surface area contributed by atoms with Crippen molar-refractivity contribution >= 4 is 17.4 Å². The molecule has 0 unspecified atom stereocenters. The van der Waals surface area contributed by atoms with E-state index < -0.39 is 30.2 Å². The number of nitrogen functional groups attached to an aromatic ring is 1. The van der Waals surface area contributed by atoms with E-state index in [4.69, 9.17) is 10.5 Å². The molecule has 0 aliphatic heterocycles. The fourth-order valence-corrected chi connectivity index (χ4v) is 2.72. The van der Waals surface area contributed by atoms with E-state index in [1.165, 1.54) is 29.8 Å². The number of pyridine rings is 1. The van der Waals surface area contributed by atoms with Crippen molar-refractivity contribution in [2.24, 2.45) is 0 Å². The lowest BCUT2D eigenvalue weighted by molar-refractivity contribution is 0.0954. The first-order valence-electron chi connectivity index (χ1n) is 7.93. The maximum absolute atomic E-state index is 14.6. The van der Waals surface area contributed by atoms with E-state index in [1.807, 2.05) is 0 Å². The van der Waals surface area contributed by atoms with Gasteiger partial charge in [-0.3, -0.25) is 9.20 Å². The second-order valence-corrected chi connectivity index (χ2v) is 5.60. The average Bonchev–Trinajstić information content (AvgIpc) is 2.98. The molecule has 10 heteroatoms. The molecule has 0 saturated carbocycles. The molecule has 3 N–H and O–H groups in total. The van der Waals surface area contributed by atoms with Crippen molar-refractivity contribution in [1.82, 2.24) is 14.7 Å². The van der Waals surface area contributed by atoms with E-state index in [1.54, 1.807) is 0 Å². The lowest BCUT2D eigenvalue weighted by Gasteiger charge is -2.11. The van der Waals surface area contributed by atoms with Crippen molar-refractivity contribution in [3.63, 3.8) is 0 Å². The van der Waals surface area contributed by atoms with Crippen LogP contribution in [0.5, 0.6) is 5.75 Å². The SMILES string of the molecule is COc1cccc(F)c1-c1c(F)ccn2c(N)c(C(=O)NCC=C(F)F)nc12. The fraction of sp³-hybridized carbons (Fsp3) is 0.111. The highest BCUT2D eigenvalue weighted by Gasteiger charge is 2.24. The number of hydrogen-bond acceptors (Lipinski definition) is 4. The lowest BCUT2D eigenvalue weighted by Crippen LogP contribution is -2.24. The van der Waals surface area contributed by atoms with Gasteiger partial charge in [0.25, 0.3) is 12.0 Å². The first-order chi connectivity index (χ1) is 13.3. The number of nitrogens with zero attached hydrogens (tertiary/aromatic N) is 2. The zero-order chi connectivity index (χ0) is 20.4. The second-order valence-electron chi connectivity index (χ2n) is 5.60. The summed E-state index contributed by atoms with van der Waals surface area (Å²) >= 11 is 0. The lowest BCUT2D eigenvalue weighted by atomic mass is 10.0. The largest absolute Gasteiger partial charge is 0.496 e. The van der Waals surface area contributed by atoms with Gasteiger partial charge in [0.2, 0.25) is 0 Å². The van der Waals surface area contributed by atoms with Crippen molar-refractivity contribution in [1.29, 1.82) is 0 Å². The van der Waals surface area contributed by atoms with Crippen molar-refractivity contribution in [3.8, 4) is 16.9 Å². The summed E-state index contributed by atoms with van der Waals surface area (Å²) in [5.41, 5.74) is 5.03. The third kappa shape index (κ3) is 3.36. The molecule has 0 spiro atoms. The van der Waals surface area contributed by atoms with Crippen molar-refractivity contribution in [2.75, 3.05) is 19.4 Å². The number of halogens is 4. The molecule has 0 saturated heterocycles. The number of benzene rings is 1. The Morgan fingerprint density at radius 2 is 1.96 bits per heavy atom. The number of nitrogens with two attached hydrogens (primary N) is 1. The highest BCUT2D eigenvalue weighted by atomic mass is 19.3. The second kappa shape index (κ2) is 7.59. The number of carbonyl (C=O) groups excluding carboxylic acids is 1. The van der Waals surface area contributed by atoms with Gasteiger partial charge in [-0.15, -0.1) is 0 Å². The van der Waals surface area contributed by atoms with E-state index >= 15 is 0 Å². The first kappa shape index (κ1) is 19.2. The summed E-state index contributed by atoms with van der Waals surface area (Å²) in [4.78, 5) is 16.2. The molecule has 3 aromatic rings. The number of amides is 1. The minimum absolute atomic E-state index is 0.0585. The molecule has 0 radical (unpaired) electrons. The zero-order valence-corrected chi connectivity index (χ0v) is 14.5. The van der Waals surface area contributed by atoms with Crippen LogP contribution in [-0.4, -0.2) is 28.9 Å². The molecule has 146 valence electrons. The summed E-state index contributed by atoms with van der Waals surface area (Å²) in [6.07, 6.45) is -0.236. The Labute approximate surface area is 156 Å². The predicted molar refractivity (Wildman–Crippen MR) is 94.1 cm³/mol. The smallest absolute Gasteiger partial charge is 0.274 e. The third-order valence-electron chi connectivity index (χ3n) is 3.96. The van der Waals surface area contributed by atoms with E-state index in [0.717, 1.165) is 12.1 Å². The van der Waals surface area contributed by atoms with E-state index in [-0.39, 0.29) is 34.0 Å². The molecule has 3 rings (SSSR count). The zero-order valence-electron chi connectivity index (χ0n) is 14.5. The standard InChI is InChI=1S/C18H14F4N4O2/c1-28-11-4-2-3-9(19)13(11)14-10(20)6-8-26-16(23)15(25-17(14)26)18(27)24-7-5-12(21)22/h2-6,8H,7,23H2,1H3,(H,24,27). The van der Waals surface area contributed by atoms with Crippen molar-refractivity contribution in [3.05, 3.63) is 59.9 Å². The Bertz CT molecular complexity index is 1090. The summed E-state index contributed by atoms with van der Waals surface area (Å²) in [5, 5.41) is 2.20. The Morgan fingerprint density at radius 3 is 2.64 bits per heavy atom. The molecule has 2 heterocycles. The fourth-order valence-electron chi connectivity index (χ4n) is 2.72. The van der Waals surface area contributed by atoms with E-state index in [9.17, 15) is 22.4 Å². The van der Waals surface area contributed by atoms with Gasteiger partial charge in [-0.2, -0.15) is 8.78 Å². The Kier molecular flexibility index (Phi) is 5.21. The van der Waals surface area contributed by atoms with Gasteiger partial charge in [0.1, 0.15) is 28.8 Å². The minimum atomic E-state index is -1.96. The number of hydrogen-bond donors (Lipinski definition) is 2. The number of rotatable bonds is 5. The van der Waals surface area contributed by atoms with E-state index in [0.29, 0.717) is 6.08 Å². The molecule has 0 fully saturated rings. The molecule has 0 aliphatic rings. The van der Waals surface area contributed by atoms with Gasteiger partial charge >= 0.3 is 0 Å². The van der Waals surface area contributed by atoms with Gasteiger partial charge in [0.15, 0.2) is 5.69 Å². The minimum Gasteiger partial charge on any atom is -0.496 e. The normalized spacial score (nSPS) is 10.8. The number of fused-ring (bicyclic) bond motifs is 1. The van der Waals surface area contributed by atoms with Crippen LogP contribution in [0.4, 0.5) is 23.4 Å². The number of carbonyl (C=O) groups is 1. The summed E-state index contributed by atoms with van der Waals surface area (Å²) in [6.45, 7) is -0.448. The highest BCUT2D eigenvalue weighted by molar-refractivity contribution is 5.99. The molecule has 1 amide bonds. The van der Waals surface area contributed by atoms with Crippen LogP contribution in [0.25, 0.3) is 16.8 Å². The molecule has 6 nitrogen and oxygen atoms in total. The average molecular weight is 394 g/mol. The van der Waals surface area contributed by atoms with Gasteiger partial charge in [-0.1, -0.05) is 6.07 Å². The number of nitrogens with one attached hydrogen (secondary N) is 1. The summed E-state index contributed by atoms with van der Waals surface area (Å²) in [7, 11) is 1.30. The molecule has 2 aromatic heterocycles. The quantitative estimate of drug-likeness (QED) is 0.650.